The summed E-state index contributed by atoms with van der Waals surface area (Å²) in [5, 5.41) is 24.0. The van der Waals surface area contributed by atoms with Gasteiger partial charge in [-0.15, -0.1) is 0 Å². The second-order valence-electron chi connectivity index (χ2n) is 4.96. The Bertz CT molecular complexity index is 301. The van der Waals surface area contributed by atoms with Crippen LogP contribution in [-0.4, -0.2) is 36.2 Å². The van der Waals surface area contributed by atoms with Gasteiger partial charge in [0.15, 0.2) is 0 Å². The zero-order valence-corrected chi connectivity index (χ0v) is 10.3. The van der Waals surface area contributed by atoms with Gasteiger partial charge in [0.2, 0.25) is 5.91 Å². The van der Waals surface area contributed by atoms with Gasteiger partial charge < -0.3 is 15.7 Å². The van der Waals surface area contributed by atoms with Gasteiger partial charge in [-0.1, -0.05) is 19.8 Å². The number of nitrogens with zero attached hydrogens (tertiary/aromatic N) is 1. The molecule has 0 aliphatic heterocycles. The van der Waals surface area contributed by atoms with Gasteiger partial charge in [0.1, 0.15) is 6.54 Å². The largest absolute Gasteiger partial charge is 0.389 e. The molecule has 3 N–H and O–H groups in total. The van der Waals surface area contributed by atoms with Crippen molar-refractivity contribution in [3.05, 3.63) is 0 Å². The molecule has 5 heteroatoms. The Hall–Kier alpha value is -1.12. The maximum absolute atomic E-state index is 11.2. The van der Waals surface area contributed by atoms with Crippen molar-refractivity contribution < 1.29 is 9.90 Å². The third-order valence-corrected chi connectivity index (χ3v) is 3.17. The van der Waals surface area contributed by atoms with Crippen LogP contribution in [-0.2, 0) is 4.79 Å². The Morgan fingerprint density at radius 1 is 1.65 bits per heavy atom. The maximum Gasteiger partial charge on any atom is 0.234 e. The molecule has 17 heavy (non-hydrogen) atoms. The quantitative estimate of drug-likeness (QED) is 0.596. The fourth-order valence-electron chi connectivity index (χ4n) is 2.40. The molecule has 1 fully saturated rings. The second kappa shape index (κ2) is 6.58. The molecule has 1 saturated carbocycles. The van der Waals surface area contributed by atoms with Crippen molar-refractivity contribution in [1.82, 2.24) is 10.6 Å². The van der Waals surface area contributed by atoms with Gasteiger partial charge in [0.25, 0.3) is 0 Å². The number of nitriles is 1. The average molecular weight is 239 g/mol. The van der Waals surface area contributed by atoms with Gasteiger partial charge in [-0.2, -0.15) is 5.26 Å². The first kappa shape index (κ1) is 13.9. The smallest absolute Gasteiger partial charge is 0.234 e. The number of hydrogen-bond acceptors (Lipinski definition) is 4. The summed E-state index contributed by atoms with van der Waals surface area (Å²) < 4.78 is 0. The summed E-state index contributed by atoms with van der Waals surface area (Å²) in [5.74, 6) is 0.335. The first-order valence-corrected chi connectivity index (χ1v) is 6.12. The highest BCUT2D eigenvalue weighted by molar-refractivity contribution is 5.78. The number of nitrogens with one attached hydrogen (secondary N) is 2. The molecule has 0 heterocycles. The fourth-order valence-corrected chi connectivity index (χ4v) is 2.40. The van der Waals surface area contributed by atoms with E-state index in [-0.39, 0.29) is 19.0 Å². The molecule has 0 aromatic carbocycles. The summed E-state index contributed by atoms with van der Waals surface area (Å²) in [4.78, 5) is 11.2. The van der Waals surface area contributed by atoms with Crippen molar-refractivity contribution in [2.75, 3.05) is 19.6 Å². The molecule has 2 atom stereocenters. The predicted molar refractivity (Wildman–Crippen MR) is 64.1 cm³/mol. The highest BCUT2D eigenvalue weighted by atomic mass is 16.3. The molecule has 96 valence electrons. The molecule has 1 aliphatic rings. The Kier molecular flexibility index (Phi) is 5.39. The van der Waals surface area contributed by atoms with Crippen molar-refractivity contribution in [2.45, 2.75) is 38.2 Å². The van der Waals surface area contributed by atoms with Crippen LogP contribution in [0.4, 0.5) is 0 Å². The van der Waals surface area contributed by atoms with Crippen LogP contribution in [0.25, 0.3) is 0 Å². The van der Waals surface area contributed by atoms with E-state index < -0.39 is 5.60 Å². The molecule has 1 amide bonds. The van der Waals surface area contributed by atoms with E-state index in [1.165, 1.54) is 6.42 Å². The summed E-state index contributed by atoms with van der Waals surface area (Å²) in [6.07, 6.45) is 3.80. The monoisotopic (exact) mass is 239 g/mol. The molecule has 0 bridgehead atoms. The Balaban J connectivity index is 2.21. The van der Waals surface area contributed by atoms with Crippen LogP contribution in [0.2, 0.25) is 0 Å². The number of hydrogen-bond donors (Lipinski definition) is 3. The highest BCUT2D eigenvalue weighted by Gasteiger charge is 2.32. The van der Waals surface area contributed by atoms with Crippen molar-refractivity contribution in [1.29, 1.82) is 5.26 Å². The molecule has 1 aliphatic carbocycles. The second-order valence-corrected chi connectivity index (χ2v) is 4.96. The van der Waals surface area contributed by atoms with Gasteiger partial charge in [0, 0.05) is 6.54 Å². The number of carbonyl (C=O) groups excluding carboxylic acids is 1. The van der Waals surface area contributed by atoms with Crippen LogP contribution >= 0.6 is 0 Å². The predicted octanol–water partition coefficient (Wildman–Crippen LogP) is 0.157. The number of carbonyl (C=O) groups is 1. The van der Waals surface area contributed by atoms with Gasteiger partial charge >= 0.3 is 0 Å². The maximum atomic E-state index is 11.2. The van der Waals surface area contributed by atoms with Crippen LogP contribution < -0.4 is 10.6 Å². The number of amides is 1. The number of aliphatic hydroxyl groups is 1. The van der Waals surface area contributed by atoms with Crippen LogP contribution in [0.1, 0.15) is 32.6 Å². The topological polar surface area (TPSA) is 85.2 Å². The van der Waals surface area contributed by atoms with Gasteiger partial charge in [-0.25, -0.2) is 0 Å². The van der Waals surface area contributed by atoms with Gasteiger partial charge in [0.05, 0.1) is 18.2 Å². The van der Waals surface area contributed by atoms with Crippen molar-refractivity contribution in [3.63, 3.8) is 0 Å². The first-order valence-electron chi connectivity index (χ1n) is 6.12. The molecule has 1 rings (SSSR count). The SMILES string of the molecule is CC1CCCC(O)(CNCC(=O)NCC#N)C1. The molecule has 0 aromatic heterocycles. The van der Waals surface area contributed by atoms with Crippen molar-refractivity contribution in [3.8, 4) is 6.07 Å². The summed E-state index contributed by atoms with van der Waals surface area (Å²) in [6, 6.07) is 1.84. The van der Waals surface area contributed by atoms with Gasteiger partial charge in [-0.3, -0.25) is 4.79 Å². The van der Waals surface area contributed by atoms with Crippen molar-refractivity contribution >= 4 is 5.91 Å². The summed E-state index contributed by atoms with van der Waals surface area (Å²) in [7, 11) is 0. The van der Waals surface area contributed by atoms with Crippen LogP contribution in [0.3, 0.4) is 0 Å². The fraction of sp³-hybridized carbons (Fsp3) is 0.833. The van der Waals surface area contributed by atoms with E-state index >= 15 is 0 Å². The van der Waals surface area contributed by atoms with Crippen molar-refractivity contribution in [2.24, 2.45) is 5.92 Å². The Morgan fingerprint density at radius 2 is 2.41 bits per heavy atom. The summed E-state index contributed by atoms with van der Waals surface area (Å²) >= 11 is 0. The minimum atomic E-state index is -0.673. The molecule has 0 radical (unpaired) electrons. The van der Waals surface area contributed by atoms with Gasteiger partial charge in [-0.05, 0) is 18.8 Å². The molecular formula is C12H21N3O2. The number of rotatable bonds is 5. The van der Waals surface area contributed by atoms with E-state index in [2.05, 4.69) is 17.6 Å². The highest BCUT2D eigenvalue weighted by Crippen LogP contribution is 2.31. The lowest BCUT2D eigenvalue weighted by Crippen LogP contribution is -2.46. The average Bonchev–Trinajstić information content (AvgIpc) is 2.25. The molecule has 5 nitrogen and oxygen atoms in total. The third kappa shape index (κ3) is 5.16. The van der Waals surface area contributed by atoms with E-state index in [1.807, 2.05) is 6.07 Å². The standard InChI is InChI=1S/C12H21N3O2/c1-10-3-2-4-12(17,7-10)9-14-8-11(16)15-6-5-13/h10,14,17H,2-4,6-9H2,1H3,(H,15,16). The minimum absolute atomic E-state index is 0.0296. The third-order valence-electron chi connectivity index (χ3n) is 3.17. The zero-order chi connectivity index (χ0) is 12.7. The summed E-state index contributed by atoms with van der Waals surface area (Å²) in [6.45, 7) is 2.77. The molecular weight excluding hydrogens is 218 g/mol. The lowest BCUT2D eigenvalue weighted by atomic mass is 9.79. The lowest BCUT2D eigenvalue weighted by Gasteiger charge is -2.35. The first-order chi connectivity index (χ1) is 8.06. The normalized spacial score (nSPS) is 28.4. The molecule has 0 saturated heterocycles. The minimum Gasteiger partial charge on any atom is -0.389 e. The van der Waals surface area contributed by atoms with E-state index in [1.54, 1.807) is 0 Å². The van der Waals surface area contributed by atoms with Crippen LogP contribution in [0.15, 0.2) is 0 Å². The molecule has 2 unspecified atom stereocenters. The molecule has 0 aromatic rings. The zero-order valence-electron chi connectivity index (χ0n) is 10.3. The van der Waals surface area contributed by atoms with Crippen LogP contribution in [0.5, 0.6) is 0 Å². The van der Waals surface area contributed by atoms with E-state index in [9.17, 15) is 9.90 Å². The lowest BCUT2D eigenvalue weighted by molar-refractivity contribution is -0.120. The van der Waals surface area contributed by atoms with E-state index in [4.69, 9.17) is 5.26 Å². The van der Waals surface area contributed by atoms with E-state index in [0.717, 1.165) is 19.3 Å². The Morgan fingerprint density at radius 3 is 3.06 bits per heavy atom. The molecule has 0 spiro atoms. The summed E-state index contributed by atoms with van der Waals surface area (Å²) in [5.41, 5.74) is -0.673. The Labute approximate surface area is 102 Å². The van der Waals surface area contributed by atoms with E-state index in [0.29, 0.717) is 12.5 Å². The van der Waals surface area contributed by atoms with Crippen LogP contribution in [0, 0.1) is 17.2 Å².